The van der Waals surface area contributed by atoms with Gasteiger partial charge in [0, 0.05) is 10.7 Å². The highest BCUT2D eigenvalue weighted by Gasteiger charge is 2.23. The minimum Gasteiger partial charge on any atom is -0.459 e. The van der Waals surface area contributed by atoms with Crippen molar-refractivity contribution in [2.24, 2.45) is 0 Å². The van der Waals surface area contributed by atoms with Crippen LogP contribution in [0.1, 0.15) is 10.6 Å². The number of sulfonamides is 1. The van der Waals surface area contributed by atoms with Crippen molar-refractivity contribution in [3.8, 4) is 0 Å². The molecule has 2 aromatic carbocycles. The Labute approximate surface area is 170 Å². The van der Waals surface area contributed by atoms with Crippen molar-refractivity contribution >= 4 is 62.1 Å². The van der Waals surface area contributed by atoms with E-state index in [0.717, 1.165) is 0 Å². The smallest absolute Gasteiger partial charge is 0.291 e. The maximum Gasteiger partial charge on any atom is 0.291 e. The molecule has 10 heteroatoms. The Kier molecular flexibility index (Phi) is 5.67. The van der Waals surface area contributed by atoms with Crippen LogP contribution in [0.25, 0.3) is 0 Å². The number of rotatable bonds is 5. The molecule has 0 saturated carbocycles. The Hall–Kier alpha value is -2.19. The van der Waals surface area contributed by atoms with Crippen LogP contribution in [0, 0.1) is 0 Å². The zero-order chi connectivity index (χ0) is 19.6. The van der Waals surface area contributed by atoms with Crippen molar-refractivity contribution in [1.82, 2.24) is 0 Å². The minimum atomic E-state index is -4.08. The van der Waals surface area contributed by atoms with Crippen molar-refractivity contribution in [2.75, 3.05) is 10.0 Å². The topological polar surface area (TPSA) is 88.4 Å². The van der Waals surface area contributed by atoms with Crippen molar-refractivity contribution in [3.63, 3.8) is 0 Å². The van der Waals surface area contributed by atoms with Crippen molar-refractivity contribution in [2.45, 2.75) is 4.90 Å². The third-order valence-corrected chi connectivity index (χ3v) is 5.87. The van der Waals surface area contributed by atoms with E-state index in [0.29, 0.717) is 5.69 Å². The number of carbonyl (C=O) groups is 1. The molecule has 2 N–H and O–H groups in total. The number of benzene rings is 2. The van der Waals surface area contributed by atoms with E-state index in [1.165, 1.54) is 36.6 Å². The molecule has 0 fully saturated rings. The predicted octanol–water partition coefficient (Wildman–Crippen LogP) is 5.29. The van der Waals surface area contributed by atoms with Crippen LogP contribution in [0.5, 0.6) is 0 Å². The molecule has 0 aliphatic heterocycles. The van der Waals surface area contributed by atoms with Gasteiger partial charge in [-0.25, -0.2) is 8.42 Å². The second-order valence-electron chi connectivity index (χ2n) is 5.32. The molecule has 0 spiro atoms. The molecule has 0 aliphatic rings. The van der Waals surface area contributed by atoms with Gasteiger partial charge in [0.05, 0.1) is 22.0 Å². The number of anilines is 2. The van der Waals surface area contributed by atoms with Crippen molar-refractivity contribution in [1.29, 1.82) is 0 Å². The van der Waals surface area contributed by atoms with E-state index in [1.54, 1.807) is 18.2 Å². The molecule has 0 radical (unpaired) electrons. The summed E-state index contributed by atoms with van der Waals surface area (Å²) in [6, 6.07) is 11.8. The third kappa shape index (κ3) is 4.56. The molecule has 0 bridgehead atoms. The number of hydrogen-bond donors (Lipinski definition) is 2. The fourth-order valence-electron chi connectivity index (χ4n) is 2.25. The predicted molar refractivity (Wildman–Crippen MR) is 105 cm³/mol. The first-order valence-electron chi connectivity index (χ1n) is 7.38. The van der Waals surface area contributed by atoms with Gasteiger partial charge in [0.2, 0.25) is 0 Å². The lowest BCUT2D eigenvalue weighted by atomic mass is 10.3. The second kappa shape index (κ2) is 7.82. The molecule has 1 amide bonds. The average Bonchev–Trinajstić information content (AvgIpc) is 3.07. The lowest BCUT2D eigenvalue weighted by molar-refractivity contribution is 0.0996. The van der Waals surface area contributed by atoms with Gasteiger partial charge in [-0.2, -0.15) is 0 Å². The summed E-state index contributed by atoms with van der Waals surface area (Å²) in [6.45, 7) is 0. The molecule has 0 atom stereocenters. The van der Waals surface area contributed by atoms with Crippen LogP contribution in [0.2, 0.25) is 15.1 Å². The molecule has 0 saturated heterocycles. The van der Waals surface area contributed by atoms with Gasteiger partial charge < -0.3 is 9.73 Å². The fourth-order valence-corrected chi connectivity index (χ4v) is 4.85. The first-order valence-corrected chi connectivity index (χ1v) is 10.0. The molecular formula is C17H11Cl3N2O4S. The van der Waals surface area contributed by atoms with Gasteiger partial charge in [0.15, 0.2) is 5.76 Å². The first kappa shape index (κ1) is 19.6. The van der Waals surface area contributed by atoms with Crippen LogP contribution in [0.3, 0.4) is 0 Å². The SMILES string of the molecule is O=C(Nc1cccc(NS(=O)(=O)c2c(Cl)cc(Cl)cc2Cl)c1)c1ccco1. The van der Waals surface area contributed by atoms with Crippen molar-refractivity contribution in [3.05, 3.63) is 75.6 Å². The largest absolute Gasteiger partial charge is 0.459 e. The number of hydrogen-bond acceptors (Lipinski definition) is 4. The van der Waals surface area contributed by atoms with Gasteiger partial charge >= 0.3 is 0 Å². The fraction of sp³-hybridized carbons (Fsp3) is 0. The van der Waals surface area contributed by atoms with Crippen LogP contribution in [0.15, 0.2) is 64.1 Å². The van der Waals surface area contributed by atoms with E-state index in [1.807, 2.05) is 0 Å². The third-order valence-electron chi connectivity index (χ3n) is 3.35. The number of nitrogens with one attached hydrogen (secondary N) is 2. The molecule has 3 aromatic rings. The molecule has 27 heavy (non-hydrogen) atoms. The molecule has 1 heterocycles. The summed E-state index contributed by atoms with van der Waals surface area (Å²) in [4.78, 5) is 11.7. The van der Waals surface area contributed by atoms with E-state index < -0.39 is 15.9 Å². The second-order valence-corrected chi connectivity index (χ2v) is 8.19. The Balaban J connectivity index is 1.85. The lowest BCUT2D eigenvalue weighted by Gasteiger charge is -2.12. The van der Waals surface area contributed by atoms with Crippen LogP contribution in [-0.2, 0) is 10.0 Å². The van der Waals surface area contributed by atoms with Gasteiger partial charge in [0.1, 0.15) is 4.90 Å². The van der Waals surface area contributed by atoms with Crippen molar-refractivity contribution < 1.29 is 17.6 Å². The summed E-state index contributed by atoms with van der Waals surface area (Å²) in [7, 11) is -4.08. The van der Waals surface area contributed by atoms with E-state index in [-0.39, 0.29) is 31.4 Å². The van der Waals surface area contributed by atoms with Crippen LogP contribution < -0.4 is 10.0 Å². The summed E-state index contributed by atoms with van der Waals surface area (Å²) in [5.74, 6) is -0.343. The number of furan rings is 1. The zero-order valence-corrected chi connectivity index (χ0v) is 16.5. The lowest BCUT2D eigenvalue weighted by Crippen LogP contribution is -2.15. The Bertz CT molecular complexity index is 1080. The van der Waals surface area contributed by atoms with Gasteiger partial charge in [-0.3, -0.25) is 9.52 Å². The molecule has 6 nitrogen and oxygen atoms in total. The van der Waals surface area contributed by atoms with Crippen LogP contribution in [0.4, 0.5) is 11.4 Å². The highest BCUT2D eigenvalue weighted by molar-refractivity contribution is 7.93. The number of carbonyl (C=O) groups excluding carboxylic acids is 1. The summed E-state index contributed by atoms with van der Waals surface area (Å²) in [6.07, 6.45) is 1.37. The monoisotopic (exact) mass is 444 g/mol. The maximum absolute atomic E-state index is 12.6. The standard InChI is InChI=1S/C17H11Cl3N2O4S/c18-10-7-13(19)16(14(20)8-10)27(24,25)22-12-4-1-3-11(9-12)21-17(23)15-5-2-6-26-15/h1-9,22H,(H,21,23). The van der Waals surface area contributed by atoms with E-state index in [4.69, 9.17) is 39.2 Å². The van der Waals surface area contributed by atoms with Gasteiger partial charge in [-0.15, -0.1) is 0 Å². The minimum absolute atomic E-state index is 0.109. The summed E-state index contributed by atoms with van der Waals surface area (Å²) >= 11 is 17.8. The van der Waals surface area contributed by atoms with E-state index in [9.17, 15) is 13.2 Å². The van der Waals surface area contributed by atoms with E-state index in [2.05, 4.69) is 10.0 Å². The summed E-state index contributed by atoms with van der Waals surface area (Å²) in [5, 5.41) is 2.60. The Morgan fingerprint density at radius 2 is 1.59 bits per heavy atom. The summed E-state index contributed by atoms with van der Waals surface area (Å²) in [5.41, 5.74) is 0.569. The van der Waals surface area contributed by atoms with Crippen LogP contribution in [-0.4, -0.2) is 14.3 Å². The van der Waals surface area contributed by atoms with Gasteiger partial charge in [0.25, 0.3) is 15.9 Å². The molecule has 0 aliphatic carbocycles. The zero-order valence-electron chi connectivity index (χ0n) is 13.4. The Morgan fingerprint density at radius 1 is 0.926 bits per heavy atom. The highest BCUT2D eigenvalue weighted by atomic mass is 35.5. The van der Waals surface area contributed by atoms with Gasteiger partial charge in [-0.1, -0.05) is 40.9 Å². The molecular weight excluding hydrogens is 435 g/mol. The highest BCUT2D eigenvalue weighted by Crippen LogP contribution is 2.34. The normalized spacial score (nSPS) is 11.2. The van der Waals surface area contributed by atoms with E-state index >= 15 is 0 Å². The first-order chi connectivity index (χ1) is 12.8. The summed E-state index contributed by atoms with van der Waals surface area (Å²) < 4.78 is 32.7. The number of amides is 1. The molecule has 3 rings (SSSR count). The Morgan fingerprint density at radius 3 is 2.22 bits per heavy atom. The maximum atomic E-state index is 12.6. The number of halogens is 3. The van der Waals surface area contributed by atoms with Crippen LogP contribution >= 0.6 is 34.8 Å². The van der Waals surface area contributed by atoms with Gasteiger partial charge in [-0.05, 0) is 42.5 Å². The molecule has 1 aromatic heterocycles. The molecule has 140 valence electrons. The quantitative estimate of drug-likeness (QED) is 0.558. The molecule has 0 unspecified atom stereocenters. The average molecular weight is 446 g/mol.